The summed E-state index contributed by atoms with van der Waals surface area (Å²) in [5, 5.41) is 0.283. The molecule has 2 unspecified atom stereocenters. The van der Waals surface area contributed by atoms with Crippen LogP contribution >= 0.6 is 0 Å². The van der Waals surface area contributed by atoms with Crippen LogP contribution < -0.4 is 0 Å². The van der Waals surface area contributed by atoms with Gasteiger partial charge in [-0.15, -0.1) is 0 Å². The summed E-state index contributed by atoms with van der Waals surface area (Å²) >= 11 is 0. The highest BCUT2D eigenvalue weighted by atomic mass is 32.2. The molecule has 2 atom stereocenters. The summed E-state index contributed by atoms with van der Waals surface area (Å²) in [6.45, 7) is 0. The van der Waals surface area contributed by atoms with Crippen LogP contribution in [0, 0.1) is 11.7 Å². The molecular formula is C13H14FNO2S. The lowest BCUT2D eigenvalue weighted by Gasteiger charge is -2.26. The highest BCUT2D eigenvalue weighted by Crippen LogP contribution is 2.39. The maximum Gasteiger partial charge on any atom is 0.169 e. The molecule has 2 aliphatic rings. The number of hydrogen-bond acceptors (Lipinski definition) is 3. The average molecular weight is 267 g/mol. The van der Waals surface area contributed by atoms with Crippen molar-refractivity contribution in [3.8, 4) is 0 Å². The second-order valence-electron chi connectivity index (χ2n) is 5.04. The highest BCUT2D eigenvalue weighted by Gasteiger charge is 2.43. The Morgan fingerprint density at radius 3 is 2.61 bits per heavy atom. The van der Waals surface area contributed by atoms with Crippen molar-refractivity contribution < 1.29 is 13.4 Å². The fourth-order valence-corrected chi connectivity index (χ4v) is 5.17. The Labute approximate surface area is 107 Å². The monoisotopic (exact) mass is 267 g/mol. The largest absolute Gasteiger partial charge is 0.294 e. The van der Waals surface area contributed by atoms with E-state index < -0.39 is 16.6 Å². The molecule has 96 valence electrons. The van der Waals surface area contributed by atoms with Gasteiger partial charge in [0.25, 0.3) is 0 Å². The highest BCUT2D eigenvalue weighted by molar-refractivity contribution is 7.86. The zero-order valence-electron chi connectivity index (χ0n) is 9.84. The summed E-state index contributed by atoms with van der Waals surface area (Å²) in [6.07, 6.45) is 5.68. The van der Waals surface area contributed by atoms with E-state index in [9.17, 15) is 13.4 Å². The molecule has 2 fully saturated rings. The number of carbonyl (C=O) groups excluding carboxylic acids is 1. The van der Waals surface area contributed by atoms with Crippen LogP contribution in [0.15, 0.2) is 18.5 Å². The number of fused-ring (bicyclic) bond motifs is 2. The predicted molar refractivity (Wildman–Crippen MR) is 66.2 cm³/mol. The van der Waals surface area contributed by atoms with Crippen LogP contribution in [0.25, 0.3) is 0 Å². The normalized spacial score (nSPS) is 34.5. The molecule has 0 N–H and O–H groups in total. The summed E-state index contributed by atoms with van der Waals surface area (Å²) in [7, 11) is -0.776. The van der Waals surface area contributed by atoms with Gasteiger partial charge in [-0.3, -0.25) is 14.0 Å². The van der Waals surface area contributed by atoms with Crippen molar-refractivity contribution in [2.45, 2.75) is 36.2 Å². The van der Waals surface area contributed by atoms with Crippen molar-refractivity contribution >= 4 is 16.6 Å². The Morgan fingerprint density at radius 1 is 1.33 bits per heavy atom. The number of rotatable bonds is 2. The smallest absolute Gasteiger partial charge is 0.169 e. The molecule has 3 heterocycles. The maximum absolute atomic E-state index is 13.5. The number of halogens is 1. The van der Waals surface area contributed by atoms with E-state index in [1.165, 1.54) is 12.3 Å². The fourth-order valence-electron chi connectivity index (χ4n) is 3.04. The quantitative estimate of drug-likeness (QED) is 0.771. The van der Waals surface area contributed by atoms with Crippen LogP contribution in [0.3, 0.4) is 0 Å². The van der Waals surface area contributed by atoms with E-state index in [4.69, 9.17) is 0 Å². The molecule has 2 aliphatic heterocycles. The predicted octanol–water partition coefficient (Wildman–Crippen LogP) is 2.09. The molecule has 3 nitrogen and oxygen atoms in total. The Bertz CT molecular complexity index is 503. The number of Topliss-reactive ketones (excluding diaryl/α,β-unsaturated/α-hetero) is 1. The van der Waals surface area contributed by atoms with Crippen molar-refractivity contribution in [1.29, 1.82) is 0 Å². The van der Waals surface area contributed by atoms with E-state index in [-0.39, 0.29) is 27.8 Å². The first kappa shape index (κ1) is 12.0. The fraction of sp³-hybridized carbons (Fsp3) is 0.538. The first-order chi connectivity index (χ1) is 8.66. The van der Waals surface area contributed by atoms with Gasteiger partial charge < -0.3 is 0 Å². The molecule has 5 heteroatoms. The van der Waals surface area contributed by atoms with Crippen LogP contribution in [-0.4, -0.2) is 25.5 Å². The van der Waals surface area contributed by atoms with E-state index in [1.807, 2.05) is 0 Å². The lowest BCUT2D eigenvalue weighted by molar-refractivity contribution is 0.0902. The van der Waals surface area contributed by atoms with Crippen molar-refractivity contribution in [3.63, 3.8) is 0 Å². The van der Waals surface area contributed by atoms with Gasteiger partial charge >= 0.3 is 0 Å². The Hall–Kier alpha value is -1.10. The third kappa shape index (κ3) is 1.90. The summed E-state index contributed by atoms with van der Waals surface area (Å²) in [5.74, 6) is -0.873. The minimum Gasteiger partial charge on any atom is -0.294 e. The number of carbonyl (C=O) groups is 1. The van der Waals surface area contributed by atoms with Gasteiger partial charge in [-0.2, -0.15) is 0 Å². The van der Waals surface area contributed by atoms with Crippen LogP contribution in [0.1, 0.15) is 36.0 Å². The third-order valence-electron chi connectivity index (χ3n) is 3.97. The number of nitrogens with zero attached hydrogens (tertiary/aromatic N) is 1. The van der Waals surface area contributed by atoms with Gasteiger partial charge in [-0.05, 0) is 31.7 Å². The van der Waals surface area contributed by atoms with E-state index in [1.54, 1.807) is 0 Å². The van der Waals surface area contributed by atoms with Crippen LogP contribution in [0.4, 0.5) is 4.39 Å². The van der Waals surface area contributed by atoms with Gasteiger partial charge in [0.2, 0.25) is 0 Å². The summed E-state index contributed by atoms with van der Waals surface area (Å²) < 4.78 is 25.4. The van der Waals surface area contributed by atoms with Gasteiger partial charge in [-0.25, -0.2) is 4.39 Å². The SMILES string of the molecule is O=C(c1ccncc1F)C1CC2CCC(C1)S2=O. The van der Waals surface area contributed by atoms with E-state index >= 15 is 0 Å². The Kier molecular flexibility index (Phi) is 3.01. The molecular weight excluding hydrogens is 253 g/mol. The second kappa shape index (κ2) is 4.53. The lowest BCUT2D eigenvalue weighted by atomic mass is 9.90. The van der Waals surface area contributed by atoms with Gasteiger partial charge in [-0.1, -0.05) is 0 Å². The molecule has 0 aliphatic carbocycles. The van der Waals surface area contributed by atoms with E-state index in [2.05, 4.69) is 4.98 Å². The van der Waals surface area contributed by atoms with Crippen molar-refractivity contribution in [2.24, 2.45) is 5.92 Å². The molecule has 0 saturated carbocycles. The molecule has 0 aromatic carbocycles. The number of hydrogen-bond donors (Lipinski definition) is 0. The van der Waals surface area contributed by atoms with Crippen molar-refractivity contribution in [2.75, 3.05) is 0 Å². The number of ketones is 1. The van der Waals surface area contributed by atoms with Gasteiger partial charge in [0.05, 0.1) is 11.8 Å². The second-order valence-corrected chi connectivity index (χ2v) is 7.03. The lowest BCUT2D eigenvalue weighted by Crippen LogP contribution is -2.32. The number of aromatic nitrogens is 1. The summed E-state index contributed by atoms with van der Waals surface area (Å²) in [6, 6.07) is 1.44. The van der Waals surface area contributed by atoms with Gasteiger partial charge in [0.15, 0.2) is 11.6 Å². The maximum atomic E-state index is 13.5. The zero-order chi connectivity index (χ0) is 12.7. The third-order valence-corrected chi connectivity index (χ3v) is 6.14. The van der Waals surface area contributed by atoms with Crippen LogP contribution in [-0.2, 0) is 10.8 Å². The minimum atomic E-state index is -0.776. The summed E-state index contributed by atoms with van der Waals surface area (Å²) in [4.78, 5) is 15.9. The van der Waals surface area contributed by atoms with Gasteiger partial charge in [0, 0.05) is 33.4 Å². The standard InChI is InChI=1S/C13H14FNO2S/c14-12-7-15-4-3-11(12)13(16)8-5-9-1-2-10(6-8)18(9)17/h3-4,7-10H,1-2,5-6H2. The van der Waals surface area contributed by atoms with E-state index in [0.29, 0.717) is 12.8 Å². The van der Waals surface area contributed by atoms with E-state index in [0.717, 1.165) is 19.0 Å². The molecule has 0 amide bonds. The summed E-state index contributed by atoms with van der Waals surface area (Å²) in [5.41, 5.74) is 0.127. The minimum absolute atomic E-state index is 0.127. The van der Waals surface area contributed by atoms with Crippen LogP contribution in [0.2, 0.25) is 0 Å². The zero-order valence-corrected chi connectivity index (χ0v) is 10.7. The molecule has 1 aromatic heterocycles. The van der Waals surface area contributed by atoms with Gasteiger partial charge in [0.1, 0.15) is 0 Å². The molecule has 18 heavy (non-hydrogen) atoms. The van der Waals surface area contributed by atoms with Crippen molar-refractivity contribution in [1.82, 2.24) is 4.98 Å². The Balaban J connectivity index is 1.83. The number of pyridine rings is 1. The molecule has 0 spiro atoms. The first-order valence-electron chi connectivity index (χ1n) is 6.20. The Morgan fingerprint density at radius 2 is 2.00 bits per heavy atom. The molecule has 0 radical (unpaired) electrons. The molecule has 2 bridgehead atoms. The first-order valence-corrected chi connectivity index (χ1v) is 7.47. The van der Waals surface area contributed by atoms with Crippen LogP contribution in [0.5, 0.6) is 0 Å². The molecule has 1 aromatic rings. The molecule has 2 saturated heterocycles. The topological polar surface area (TPSA) is 47.0 Å². The van der Waals surface area contributed by atoms with Crippen molar-refractivity contribution in [3.05, 3.63) is 29.8 Å². The molecule has 3 rings (SSSR count). The average Bonchev–Trinajstić information content (AvgIpc) is 2.61.